The molecule has 0 atom stereocenters. The molecule has 0 aliphatic rings. The van der Waals surface area contributed by atoms with E-state index < -0.39 is 12.4 Å². The first-order chi connectivity index (χ1) is 7.97. The lowest BCUT2D eigenvalue weighted by Crippen LogP contribution is -2.11. The normalized spacial score (nSPS) is 10.7. The Hall–Kier alpha value is -0.310. The van der Waals surface area contributed by atoms with Crippen LogP contribution in [0.1, 0.15) is 24.5 Å². The van der Waals surface area contributed by atoms with Crippen LogP contribution in [0, 0.1) is 3.57 Å². The van der Waals surface area contributed by atoms with Crippen LogP contribution >= 0.6 is 38.5 Å². The highest BCUT2D eigenvalue weighted by atomic mass is 127. The number of hydrogen-bond acceptors (Lipinski definition) is 3. The minimum absolute atomic E-state index is 0.166. The van der Waals surface area contributed by atoms with Crippen molar-refractivity contribution in [3.63, 3.8) is 0 Å². The third-order valence-corrected chi connectivity index (χ3v) is 3.51. The van der Waals surface area contributed by atoms with Crippen molar-refractivity contribution in [2.75, 3.05) is 6.61 Å². The van der Waals surface area contributed by atoms with Gasteiger partial charge in [-0.15, -0.1) is 0 Å². The number of esters is 1. The van der Waals surface area contributed by atoms with Crippen LogP contribution < -0.4 is 0 Å². The predicted octanol–water partition coefficient (Wildman–Crippen LogP) is 3.49. The van der Waals surface area contributed by atoms with Crippen molar-refractivity contribution >= 4 is 44.5 Å². The molecule has 1 aromatic rings. The summed E-state index contributed by atoms with van der Waals surface area (Å²) in [6, 6.07) is 0. The van der Waals surface area contributed by atoms with Crippen molar-refractivity contribution in [3.8, 4) is 0 Å². The van der Waals surface area contributed by atoms with Gasteiger partial charge in [-0.2, -0.15) is 0 Å². The second-order valence-electron chi connectivity index (χ2n) is 3.07. The topological polar surface area (TPSA) is 39.2 Å². The lowest BCUT2D eigenvalue weighted by molar-refractivity contribution is -0.142. The molecule has 0 spiro atoms. The Morgan fingerprint density at radius 1 is 1.65 bits per heavy atom. The summed E-state index contributed by atoms with van der Waals surface area (Å²) < 4.78 is 31.1. The van der Waals surface area contributed by atoms with E-state index in [-0.39, 0.29) is 28.8 Å². The zero-order valence-electron chi connectivity index (χ0n) is 8.84. The van der Waals surface area contributed by atoms with Gasteiger partial charge in [0.1, 0.15) is 4.60 Å². The molecule has 0 unspecified atom stereocenters. The van der Waals surface area contributed by atoms with Gasteiger partial charge >= 0.3 is 5.97 Å². The molecule has 0 saturated carbocycles. The van der Waals surface area contributed by atoms with E-state index in [4.69, 9.17) is 4.74 Å². The van der Waals surface area contributed by atoms with Crippen LogP contribution in [0.15, 0.2) is 10.8 Å². The van der Waals surface area contributed by atoms with E-state index in [2.05, 4.69) is 20.9 Å². The van der Waals surface area contributed by atoms with Crippen LogP contribution in [0.25, 0.3) is 0 Å². The van der Waals surface area contributed by atoms with Gasteiger partial charge in [-0.25, -0.2) is 13.8 Å². The summed E-state index contributed by atoms with van der Waals surface area (Å²) >= 11 is 4.84. The molecule has 1 rings (SSSR count). The zero-order chi connectivity index (χ0) is 13.0. The Kier molecular flexibility index (Phi) is 5.71. The molecule has 17 heavy (non-hydrogen) atoms. The van der Waals surface area contributed by atoms with E-state index >= 15 is 0 Å². The SMILES string of the molecule is CCOC(=O)Cc1c(Br)ncc(I)c1C(F)F. The highest BCUT2D eigenvalue weighted by molar-refractivity contribution is 14.1. The first-order valence-electron chi connectivity index (χ1n) is 4.73. The van der Waals surface area contributed by atoms with Crippen LogP contribution in [0.4, 0.5) is 8.78 Å². The molecular weight excluding hydrogens is 411 g/mol. The number of carbonyl (C=O) groups excluding carboxylic acids is 1. The number of alkyl halides is 2. The van der Waals surface area contributed by atoms with E-state index in [0.29, 0.717) is 3.57 Å². The number of nitrogens with zero attached hydrogens (tertiary/aromatic N) is 1. The van der Waals surface area contributed by atoms with Crippen LogP contribution in [0.2, 0.25) is 0 Å². The maximum Gasteiger partial charge on any atom is 0.310 e. The fourth-order valence-corrected chi connectivity index (χ4v) is 2.43. The summed E-state index contributed by atoms with van der Waals surface area (Å²) in [6.07, 6.45) is -1.52. The molecule has 0 aromatic carbocycles. The van der Waals surface area contributed by atoms with Crippen molar-refractivity contribution in [2.24, 2.45) is 0 Å². The Bertz CT molecular complexity index is 429. The van der Waals surface area contributed by atoms with Gasteiger partial charge in [-0.1, -0.05) is 0 Å². The van der Waals surface area contributed by atoms with Crippen LogP contribution in [0.3, 0.4) is 0 Å². The van der Waals surface area contributed by atoms with E-state index in [0.717, 1.165) is 0 Å². The monoisotopic (exact) mass is 419 g/mol. The number of aromatic nitrogens is 1. The van der Waals surface area contributed by atoms with E-state index in [9.17, 15) is 13.6 Å². The van der Waals surface area contributed by atoms with Crippen molar-refractivity contribution in [3.05, 3.63) is 25.5 Å². The number of hydrogen-bond donors (Lipinski definition) is 0. The lowest BCUT2D eigenvalue weighted by atomic mass is 10.1. The minimum Gasteiger partial charge on any atom is -0.466 e. The highest BCUT2D eigenvalue weighted by Crippen LogP contribution is 2.31. The van der Waals surface area contributed by atoms with Crippen LogP contribution in [0.5, 0.6) is 0 Å². The molecule has 0 saturated heterocycles. The number of rotatable bonds is 4. The highest BCUT2D eigenvalue weighted by Gasteiger charge is 2.22. The fourth-order valence-electron chi connectivity index (χ4n) is 1.28. The second-order valence-corrected chi connectivity index (χ2v) is 4.98. The largest absolute Gasteiger partial charge is 0.466 e. The van der Waals surface area contributed by atoms with Gasteiger partial charge in [0, 0.05) is 20.9 Å². The van der Waals surface area contributed by atoms with Crippen molar-refractivity contribution in [2.45, 2.75) is 19.8 Å². The van der Waals surface area contributed by atoms with E-state index in [1.165, 1.54) is 6.20 Å². The minimum atomic E-state index is -2.65. The van der Waals surface area contributed by atoms with Gasteiger partial charge in [0.2, 0.25) is 0 Å². The predicted molar refractivity (Wildman–Crippen MR) is 69.9 cm³/mol. The van der Waals surface area contributed by atoms with E-state index in [1.807, 2.05) is 0 Å². The molecule has 7 heteroatoms. The molecule has 0 aliphatic carbocycles. The third-order valence-electron chi connectivity index (χ3n) is 1.97. The van der Waals surface area contributed by atoms with Gasteiger partial charge in [-0.3, -0.25) is 4.79 Å². The summed E-state index contributed by atoms with van der Waals surface area (Å²) in [7, 11) is 0. The number of carbonyl (C=O) groups is 1. The van der Waals surface area contributed by atoms with Gasteiger partial charge in [0.05, 0.1) is 13.0 Å². The lowest BCUT2D eigenvalue weighted by Gasteiger charge is -2.11. The number of pyridine rings is 1. The maximum absolute atomic E-state index is 12.9. The maximum atomic E-state index is 12.9. The quantitative estimate of drug-likeness (QED) is 0.426. The zero-order valence-corrected chi connectivity index (χ0v) is 12.6. The van der Waals surface area contributed by atoms with E-state index in [1.54, 1.807) is 29.5 Å². The Morgan fingerprint density at radius 2 is 2.29 bits per heavy atom. The molecule has 0 radical (unpaired) electrons. The van der Waals surface area contributed by atoms with Crippen molar-refractivity contribution in [1.29, 1.82) is 0 Å². The summed E-state index contributed by atoms with van der Waals surface area (Å²) in [5, 5.41) is 0. The van der Waals surface area contributed by atoms with Gasteiger partial charge in [0.15, 0.2) is 0 Å². The molecule has 1 heterocycles. The molecule has 0 amide bonds. The average Bonchev–Trinajstić information content (AvgIpc) is 2.23. The summed E-state index contributed by atoms with van der Waals surface area (Å²) in [6.45, 7) is 1.88. The summed E-state index contributed by atoms with van der Waals surface area (Å²) in [4.78, 5) is 15.2. The van der Waals surface area contributed by atoms with Crippen molar-refractivity contribution in [1.82, 2.24) is 4.98 Å². The molecule has 94 valence electrons. The number of halogens is 4. The number of ether oxygens (including phenoxy) is 1. The second kappa shape index (κ2) is 6.58. The third kappa shape index (κ3) is 3.84. The molecule has 0 bridgehead atoms. The van der Waals surface area contributed by atoms with Crippen LogP contribution in [-0.2, 0) is 16.0 Å². The van der Waals surface area contributed by atoms with Gasteiger partial charge in [0.25, 0.3) is 6.43 Å². The Balaban J connectivity index is 3.12. The summed E-state index contributed by atoms with van der Waals surface area (Å²) in [5.74, 6) is -0.543. The van der Waals surface area contributed by atoms with Crippen LogP contribution in [-0.4, -0.2) is 17.6 Å². The molecule has 0 fully saturated rings. The Labute approximate surface area is 119 Å². The molecule has 0 N–H and O–H groups in total. The fraction of sp³-hybridized carbons (Fsp3) is 0.400. The molecule has 1 aromatic heterocycles. The standard InChI is InChI=1S/C10H9BrF2INO2/c1-2-17-7(16)3-5-8(10(12)13)6(14)4-15-9(5)11/h4,10H,2-3H2,1H3. The smallest absolute Gasteiger partial charge is 0.310 e. The first kappa shape index (κ1) is 14.7. The molecule has 3 nitrogen and oxygen atoms in total. The van der Waals surface area contributed by atoms with Gasteiger partial charge in [-0.05, 0) is 45.4 Å². The Morgan fingerprint density at radius 3 is 2.82 bits per heavy atom. The van der Waals surface area contributed by atoms with Gasteiger partial charge < -0.3 is 4.74 Å². The molecule has 0 aliphatic heterocycles. The molecular formula is C10H9BrF2INO2. The van der Waals surface area contributed by atoms with Crippen molar-refractivity contribution < 1.29 is 18.3 Å². The average molecular weight is 420 g/mol. The first-order valence-corrected chi connectivity index (χ1v) is 6.61. The summed E-state index contributed by atoms with van der Waals surface area (Å²) in [5.41, 5.74) is 0.0193.